The van der Waals surface area contributed by atoms with Gasteiger partial charge in [-0.15, -0.1) is 0 Å². The van der Waals surface area contributed by atoms with Gasteiger partial charge in [-0.2, -0.15) is 0 Å². The fraction of sp³-hybridized carbons (Fsp3) is 0.333. The fourth-order valence-corrected chi connectivity index (χ4v) is 1.91. The highest BCUT2D eigenvalue weighted by Crippen LogP contribution is 2.22. The Morgan fingerprint density at radius 2 is 2.05 bits per heavy atom. The minimum Gasteiger partial charge on any atom is -0.329 e. The average molecular weight is 288 g/mol. The molecule has 1 unspecified atom stereocenters. The number of imidazole rings is 1. The van der Waals surface area contributed by atoms with Crippen LogP contribution in [0.4, 0.5) is 5.69 Å². The van der Waals surface area contributed by atoms with E-state index in [1.165, 1.54) is 4.57 Å². The molecule has 0 radical (unpaired) electrons. The number of carbonyl (C=O) groups is 1. The largest absolute Gasteiger partial charge is 0.330 e. The number of anilines is 1. The van der Waals surface area contributed by atoms with E-state index in [4.69, 9.17) is 5.73 Å². The maximum Gasteiger partial charge on any atom is 0.330 e. The van der Waals surface area contributed by atoms with Gasteiger partial charge in [0.1, 0.15) is 0 Å². The Balaban J connectivity index is 2.15. The summed E-state index contributed by atoms with van der Waals surface area (Å²) >= 11 is 0. The number of benzene rings is 1. The molecule has 21 heavy (non-hydrogen) atoms. The molecule has 1 heterocycles. The maximum absolute atomic E-state index is 12.2. The third-order valence-corrected chi connectivity index (χ3v) is 3.83. The summed E-state index contributed by atoms with van der Waals surface area (Å²) in [5, 5.41) is 2.86. The summed E-state index contributed by atoms with van der Waals surface area (Å²) in [5.41, 5.74) is 6.31. The smallest absolute Gasteiger partial charge is 0.329 e. The van der Waals surface area contributed by atoms with E-state index in [1.807, 2.05) is 13.8 Å². The van der Waals surface area contributed by atoms with E-state index < -0.39 is 5.41 Å². The summed E-state index contributed by atoms with van der Waals surface area (Å²) < 4.78 is 1.49. The number of nitrogens with two attached hydrogens (primary N) is 1. The van der Waals surface area contributed by atoms with Gasteiger partial charge in [0.15, 0.2) is 0 Å². The van der Waals surface area contributed by atoms with Crippen LogP contribution >= 0.6 is 0 Å². The van der Waals surface area contributed by atoms with Gasteiger partial charge in [-0.3, -0.25) is 9.36 Å². The van der Waals surface area contributed by atoms with Gasteiger partial charge in [0.25, 0.3) is 0 Å². The molecule has 1 aromatic carbocycles. The first-order valence-electron chi connectivity index (χ1n) is 6.88. The molecule has 112 valence electrons. The zero-order valence-electron chi connectivity index (χ0n) is 12.2. The molecule has 0 spiro atoms. The van der Waals surface area contributed by atoms with E-state index in [0.29, 0.717) is 18.7 Å². The first-order valence-corrected chi connectivity index (χ1v) is 6.88. The predicted molar refractivity (Wildman–Crippen MR) is 82.5 cm³/mol. The van der Waals surface area contributed by atoms with E-state index in [2.05, 4.69) is 10.3 Å². The number of aromatic nitrogens is 2. The van der Waals surface area contributed by atoms with Crippen LogP contribution in [0.2, 0.25) is 0 Å². The Hall–Kier alpha value is -2.34. The van der Waals surface area contributed by atoms with Gasteiger partial charge in [-0.1, -0.05) is 6.92 Å². The second-order valence-corrected chi connectivity index (χ2v) is 5.25. The molecule has 1 aromatic heterocycles. The SMILES string of the molecule is CCC(C)(CN)C(=O)Nc1ccc(-n2cc[nH]c2=O)cc1. The molecule has 4 N–H and O–H groups in total. The van der Waals surface area contributed by atoms with Crippen molar-refractivity contribution in [3.05, 3.63) is 47.1 Å². The Morgan fingerprint density at radius 1 is 1.38 bits per heavy atom. The lowest BCUT2D eigenvalue weighted by Crippen LogP contribution is -2.39. The molecular weight excluding hydrogens is 268 g/mol. The third kappa shape index (κ3) is 3.05. The first-order chi connectivity index (χ1) is 10.00. The number of carbonyl (C=O) groups excluding carboxylic acids is 1. The van der Waals surface area contributed by atoms with Crippen LogP contribution in [0, 0.1) is 5.41 Å². The van der Waals surface area contributed by atoms with Gasteiger partial charge in [0, 0.05) is 24.6 Å². The Bertz CT molecular complexity index is 665. The van der Waals surface area contributed by atoms with E-state index in [9.17, 15) is 9.59 Å². The van der Waals surface area contributed by atoms with Crippen LogP contribution in [0.25, 0.3) is 5.69 Å². The molecule has 0 aliphatic rings. The van der Waals surface area contributed by atoms with Crippen molar-refractivity contribution in [2.45, 2.75) is 20.3 Å². The number of nitrogens with one attached hydrogen (secondary N) is 2. The molecule has 0 aliphatic heterocycles. The summed E-state index contributed by atoms with van der Waals surface area (Å²) in [6.45, 7) is 4.08. The van der Waals surface area contributed by atoms with Crippen molar-refractivity contribution in [1.82, 2.24) is 9.55 Å². The van der Waals surface area contributed by atoms with Crippen LogP contribution in [0.3, 0.4) is 0 Å². The van der Waals surface area contributed by atoms with Crippen LogP contribution in [-0.4, -0.2) is 22.0 Å². The fourth-order valence-electron chi connectivity index (χ4n) is 1.91. The lowest BCUT2D eigenvalue weighted by molar-refractivity contribution is -0.124. The highest BCUT2D eigenvalue weighted by molar-refractivity contribution is 5.95. The van der Waals surface area contributed by atoms with Gasteiger partial charge in [0.05, 0.1) is 11.1 Å². The minimum atomic E-state index is -0.573. The summed E-state index contributed by atoms with van der Waals surface area (Å²) in [5.74, 6) is -0.0981. The van der Waals surface area contributed by atoms with E-state index in [0.717, 1.165) is 5.69 Å². The highest BCUT2D eigenvalue weighted by Gasteiger charge is 2.29. The Labute approximate surface area is 123 Å². The molecule has 1 atom stereocenters. The number of hydrogen-bond acceptors (Lipinski definition) is 3. The second kappa shape index (κ2) is 5.97. The number of aromatic amines is 1. The number of rotatable bonds is 5. The van der Waals surface area contributed by atoms with Crippen molar-refractivity contribution >= 4 is 11.6 Å². The number of amides is 1. The van der Waals surface area contributed by atoms with Gasteiger partial charge < -0.3 is 16.0 Å². The maximum atomic E-state index is 12.2. The van der Waals surface area contributed by atoms with Crippen LogP contribution in [0.5, 0.6) is 0 Å². The zero-order valence-corrected chi connectivity index (χ0v) is 12.2. The zero-order chi connectivity index (χ0) is 15.5. The minimum absolute atomic E-state index is 0.0981. The van der Waals surface area contributed by atoms with Crippen LogP contribution in [0.1, 0.15) is 20.3 Å². The van der Waals surface area contributed by atoms with Crippen molar-refractivity contribution in [2.24, 2.45) is 11.1 Å². The van der Waals surface area contributed by atoms with Crippen LogP contribution < -0.4 is 16.7 Å². The lowest BCUT2D eigenvalue weighted by atomic mass is 9.86. The molecule has 2 rings (SSSR count). The second-order valence-electron chi connectivity index (χ2n) is 5.25. The van der Waals surface area contributed by atoms with Gasteiger partial charge >= 0.3 is 5.69 Å². The predicted octanol–water partition coefficient (Wildman–Crippen LogP) is 1.48. The summed E-state index contributed by atoms with van der Waals surface area (Å²) in [7, 11) is 0. The average Bonchev–Trinajstić information content (AvgIpc) is 2.93. The van der Waals surface area contributed by atoms with Crippen molar-refractivity contribution < 1.29 is 4.79 Å². The van der Waals surface area contributed by atoms with E-state index >= 15 is 0 Å². The standard InChI is InChI=1S/C15H20N4O2/c1-3-15(2,10-16)13(20)18-11-4-6-12(7-5-11)19-9-8-17-14(19)21/h4-9H,3,10,16H2,1-2H3,(H,17,21)(H,18,20). The van der Waals surface area contributed by atoms with Crippen molar-refractivity contribution in [1.29, 1.82) is 0 Å². The molecular formula is C15H20N4O2. The summed E-state index contributed by atoms with van der Waals surface area (Å²) in [6, 6.07) is 7.08. The van der Waals surface area contributed by atoms with Gasteiger partial charge in [-0.05, 0) is 37.6 Å². The monoisotopic (exact) mass is 288 g/mol. The third-order valence-electron chi connectivity index (χ3n) is 3.83. The summed E-state index contributed by atoms with van der Waals surface area (Å²) in [4.78, 5) is 26.3. The van der Waals surface area contributed by atoms with Crippen molar-refractivity contribution in [3.63, 3.8) is 0 Å². The van der Waals surface area contributed by atoms with Crippen LogP contribution in [-0.2, 0) is 4.79 Å². The topological polar surface area (TPSA) is 92.9 Å². The summed E-state index contributed by atoms with van der Waals surface area (Å²) in [6.07, 6.45) is 3.90. The van der Waals surface area contributed by atoms with Crippen molar-refractivity contribution in [2.75, 3.05) is 11.9 Å². The van der Waals surface area contributed by atoms with Gasteiger partial charge in [0.2, 0.25) is 5.91 Å². The normalized spacial score (nSPS) is 13.7. The Kier molecular flexibility index (Phi) is 4.28. The molecule has 0 fully saturated rings. The van der Waals surface area contributed by atoms with E-state index in [1.54, 1.807) is 36.7 Å². The van der Waals surface area contributed by atoms with Crippen LogP contribution in [0.15, 0.2) is 41.5 Å². The quantitative estimate of drug-likeness (QED) is 0.778. The molecule has 6 heteroatoms. The highest BCUT2D eigenvalue weighted by atomic mass is 16.2. The molecule has 0 aliphatic carbocycles. The molecule has 2 aromatic rings. The number of nitrogens with zero attached hydrogens (tertiary/aromatic N) is 1. The Morgan fingerprint density at radius 3 is 2.52 bits per heavy atom. The lowest BCUT2D eigenvalue weighted by Gasteiger charge is -2.24. The number of hydrogen-bond donors (Lipinski definition) is 3. The van der Waals surface area contributed by atoms with Gasteiger partial charge in [-0.25, -0.2) is 4.79 Å². The first kappa shape index (κ1) is 15.1. The molecule has 1 amide bonds. The molecule has 6 nitrogen and oxygen atoms in total. The number of H-pyrrole nitrogens is 1. The van der Waals surface area contributed by atoms with Crippen molar-refractivity contribution in [3.8, 4) is 5.69 Å². The molecule has 0 bridgehead atoms. The molecule has 0 saturated heterocycles. The van der Waals surface area contributed by atoms with E-state index in [-0.39, 0.29) is 11.6 Å². The molecule has 0 saturated carbocycles.